The van der Waals surface area contributed by atoms with E-state index in [0.29, 0.717) is 17.5 Å². The van der Waals surface area contributed by atoms with Gasteiger partial charge in [-0.25, -0.2) is 15.0 Å². The summed E-state index contributed by atoms with van der Waals surface area (Å²) in [6.45, 7) is 28.5. The molecule has 0 saturated heterocycles. The average Bonchev–Trinajstić information content (AvgIpc) is 1.46. The highest BCUT2D eigenvalue weighted by molar-refractivity contribution is 6.12. The first-order valence-electron chi connectivity index (χ1n) is 41.6. The zero-order valence-electron chi connectivity index (χ0n) is 69.2. The number of rotatable bonds is 7. The molecule has 0 atom stereocenters. The number of furan rings is 3. The van der Waals surface area contributed by atoms with E-state index in [0.717, 1.165) is 66.9 Å². The Morgan fingerprint density at radius 3 is 1.09 bits per heavy atom. The van der Waals surface area contributed by atoms with E-state index in [-0.39, 0.29) is 32.5 Å². The minimum atomic E-state index is -0.217. The van der Waals surface area contributed by atoms with E-state index in [1.54, 1.807) is 0 Å². The van der Waals surface area contributed by atoms with Gasteiger partial charge in [0.15, 0.2) is 17.5 Å². The summed E-state index contributed by atoms with van der Waals surface area (Å²) in [6.07, 6.45) is 0. The number of anilines is 3. The van der Waals surface area contributed by atoms with Crippen molar-refractivity contribution in [3.05, 3.63) is 367 Å². The molecule has 0 N–H and O–H groups in total. The van der Waals surface area contributed by atoms with Gasteiger partial charge >= 0.3 is 0 Å². The second kappa shape index (κ2) is 26.9. The van der Waals surface area contributed by atoms with Crippen molar-refractivity contribution < 1.29 is 13.3 Å². The molecule has 5 heterocycles. The maximum absolute atomic E-state index is 6.57. The van der Waals surface area contributed by atoms with E-state index in [1.807, 2.05) is 78.9 Å². The summed E-state index contributed by atoms with van der Waals surface area (Å²) in [5, 5.41) is 9.68. The molecule has 0 aliphatic heterocycles. The van der Waals surface area contributed by atoms with Crippen LogP contribution in [0.3, 0.4) is 0 Å². The normalized spacial score (nSPS) is 15.3. The van der Waals surface area contributed by atoms with Crippen LogP contribution in [0.25, 0.3) is 161 Å². The lowest BCUT2D eigenvalue weighted by molar-refractivity contribution is 0.299. The fourth-order valence-electron chi connectivity index (χ4n) is 19.8. The number of hydrogen-bond acceptors (Lipinski definition) is 7. The predicted molar refractivity (Wildman–Crippen MR) is 494 cm³/mol. The Morgan fingerprint density at radius 2 is 0.597 bits per heavy atom. The molecule has 0 saturated carbocycles. The first kappa shape index (κ1) is 73.0. The van der Waals surface area contributed by atoms with E-state index in [1.165, 1.54) is 127 Å². The Labute approximate surface area is 693 Å². The standard InChI is InChI=1S/C39H31N3O.C36H29NO.C36H31NO/c1-38(2)31-23-26(37-41-35(24-13-7-5-8-14-24)40-36(42-37)25-15-9-6-10-16-25)19-20-27(31)29-21-22-30-28-17-11-12-18-32(28)43-34(30)33(29)39(38,3)4;1-35(2)29-19-22(37-31-14-8-5-11-24(31)25-12-6-9-15-32(25)37)17-18-23(29)27-21-34-28(20-30(27)36(35,3)4)26-13-7-10-16-33(26)38-34;1-35(2)31-23-26(37(24-13-7-5-8-14-24)25-15-9-6-10-16-25)19-20-27(31)29-21-22-30-28-17-11-12-18-32(28)38-34(30)33(29)36(35,3)4/h5-23H,1-4H3;5-21H,1-4H3;5-23H,1-4H3. The zero-order chi connectivity index (χ0) is 81.2. The van der Waals surface area contributed by atoms with Gasteiger partial charge in [0.2, 0.25) is 0 Å². The van der Waals surface area contributed by atoms with Crippen molar-refractivity contribution in [3.63, 3.8) is 0 Å². The summed E-state index contributed by atoms with van der Waals surface area (Å²) in [5.41, 5.74) is 30.5. The van der Waals surface area contributed by atoms with Crippen LogP contribution in [0.2, 0.25) is 0 Å². The average molecular weight is 1540 g/mol. The monoisotopic (exact) mass is 1540 g/mol. The molecule has 3 aliphatic carbocycles. The van der Waals surface area contributed by atoms with E-state index >= 15 is 0 Å². The highest BCUT2D eigenvalue weighted by Crippen LogP contribution is 2.61. The fraction of sp³-hybridized carbons (Fsp3) is 0.162. The number of nitrogens with zero attached hydrogens (tertiary/aromatic N) is 5. The molecular weight excluding hydrogens is 1450 g/mol. The quantitative estimate of drug-likeness (QED) is 0.157. The minimum absolute atomic E-state index is 0.0820. The maximum Gasteiger partial charge on any atom is 0.164 e. The first-order valence-corrected chi connectivity index (χ1v) is 41.6. The van der Waals surface area contributed by atoms with E-state index in [9.17, 15) is 0 Å². The summed E-state index contributed by atoms with van der Waals surface area (Å²) in [7, 11) is 0. The van der Waals surface area contributed by atoms with Crippen LogP contribution < -0.4 is 4.90 Å². The highest BCUT2D eigenvalue weighted by Gasteiger charge is 2.51. The molecule has 0 radical (unpaired) electrons. The van der Waals surface area contributed by atoms with Gasteiger partial charge in [0.05, 0.1) is 11.0 Å². The number of benzene rings is 15. The number of aromatic nitrogens is 4. The second-order valence-corrected chi connectivity index (χ2v) is 35.8. The lowest BCUT2D eigenvalue weighted by Crippen LogP contribution is -2.43. The summed E-state index contributed by atoms with van der Waals surface area (Å²) in [5.74, 6) is 2.00. The van der Waals surface area contributed by atoms with Gasteiger partial charge in [0.25, 0.3) is 0 Å². The molecule has 0 amide bonds. The van der Waals surface area contributed by atoms with Crippen LogP contribution in [0.1, 0.15) is 116 Å². The number of fused-ring (bicyclic) bond motifs is 23. The molecule has 0 spiro atoms. The minimum Gasteiger partial charge on any atom is -0.456 e. The van der Waals surface area contributed by atoms with Crippen molar-refractivity contribution in [2.45, 2.75) is 116 Å². The van der Waals surface area contributed by atoms with Crippen LogP contribution in [-0.2, 0) is 32.5 Å². The molecule has 578 valence electrons. The van der Waals surface area contributed by atoms with Crippen molar-refractivity contribution >= 4 is 105 Å². The summed E-state index contributed by atoms with van der Waals surface area (Å²) < 4.78 is 21.9. The molecule has 3 aliphatic rings. The van der Waals surface area contributed by atoms with E-state index in [4.69, 9.17) is 28.2 Å². The van der Waals surface area contributed by atoms with Gasteiger partial charge in [-0.3, -0.25) is 0 Å². The number of hydrogen-bond donors (Lipinski definition) is 0. The summed E-state index contributed by atoms with van der Waals surface area (Å²) >= 11 is 0. The van der Waals surface area contributed by atoms with Crippen molar-refractivity contribution in [1.29, 1.82) is 0 Å². The van der Waals surface area contributed by atoms with Crippen molar-refractivity contribution in [1.82, 2.24) is 19.5 Å². The second-order valence-electron chi connectivity index (χ2n) is 35.8. The highest BCUT2D eigenvalue weighted by atomic mass is 16.3. The number of para-hydroxylation sites is 7. The third-order valence-corrected chi connectivity index (χ3v) is 28.2. The molecule has 5 aromatic heterocycles. The summed E-state index contributed by atoms with van der Waals surface area (Å²) in [4.78, 5) is 17.2. The van der Waals surface area contributed by atoms with Gasteiger partial charge < -0.3 is 22.7 Å². The zero-order valence-corrected chi connectivity index (χ0v) is 69.2. The van der Waals surface area contributed by atoms with Gasteiger partial charge in [0, 0.05) is 104 Å². The SMILES string of the molecule is CC1(C)c2cc(-c3nc(-c4ccccc4)nc(-c4ccccc4)n3)ccc2-c2ccc3c(oc4ccccc43)c2C1(C)C.CC1(C)c2cc(-n3c4ccccc4c4ccccc43)ccc2-c2cc3oc4ccccc4c3cc2C1(C)C.CC1(C)c2cc(N(c3ccccc3)c3ccccc3)ccc2-c2ccc3c(oc4ccccc43)c2C1(C)C. The largest absolute Gasteiger partial charge is 0.456 e. The summed E-state index contributed by atoms with van der Waals surface area (Å²) in [6, 6.07) is 118. The van der Waals surface area contributed by atoms with Crippen molar-refractivity contribution in [2.24, 2.45) is 0 Å². The fourth-order valence-corrected chi connectivity index (χ4v) is 19.8. The molecular formula is C111H91N5O3. The van der Waals surface area contributed by atoms with Crippen LogP contribution in [0.5, 0.6) is 0 Å². The topological polar surface area (TPSA) is 86.3 Å². The Morgan fingerprint density at radius 1 is 0.235 bits per heavy atom. The third kappa shape index (κ3) is 11.1. The van der Waals surface area contributed by atoms with E-state index in [2.05, 4.69) is 347 Å². The molecule has 20 aromatic rings. The van der Waals surface area contributed by atoms with Gasteiger partial charge in [0.1, 0.15) is 33.5 Å². The lowest BCUT2D eigenvalue weighted by Gasteiger charge is -2.48. The van der Waals surface area contributed by atoms with Crippen molar-refractivity contribution in [3.8, 4) is 73.2 Å². The predicted octanol–water partition coefficient (Wildman–Crippen LogP) is 30.2. The maximum atomic E-state index is 6.57. The van der Waals surface area contributed by atoms with Gasteiger partial charge in [-0.2, -0.15) is 0 Å². The molecule has 15 aromatic carbocycles. The van der Waals surface area contributed by atoms with Crippen LogP contribution in [0.4, 0.5) is 17.1 Å². The lowest BCUT2D eigenvalue weighted by atomic mass is 9.55. The van der Waals surface area contributed by atoms with E-state index < -0.39 is 0 Å². The third-order valence-electron chi connectivity index (χ3n) is 28.2. The van der Waals surface area contributed by atoms with Crippen molar-refractivity contribution in [2.75, 3.05) is 4.90 Å². The molecule has 8 nitrogen and oxygen atoms in total. The molecule has 8 heteroatoms. The molecule has 119 heavy (non-hydrogen) atoms. The molecule has 0 bridgehead atoms. The van der Waals surface area contributed by atoms with Gasteiger partial charge in [-0.15, -0.1) is 0 Å². The Kier molecular flexibility index (Phi) is 16.5. The van der Waals surface area contributed by atoms with Gasteiger partial charge in [-0.05, 0) is 186 Å². The smallest absolute Gasteiger partial charge is 0.164 e. The molecule has 0 unspecified atom stereocenters. The molecule has 23 rings (SSSR count). The molecule has 0 fully saturated rings. The Hall–Kier alpha value is -13.7. The van der Waals surface area contributed by atoms with Gasteiger partial charge in [-0.1, -0.05) is 308 Å². The van der Waals surface area contributed by atoms with Crippen LogP contribution in [-0.4, -0.2) is 19.5 Å². The van der Waals surface area contributed by atoms with Crippen LogP contribution in [0, 0.1) is 0 Å². The Bertz CT molecular complexity index is 7330. The Balaban J connectivity index is 0.000000111. The van der Waals surface area contributed by atoms with Crippen LogP contribution >= 0.6 is 0 Å². The first-order chi connectivity index (χ1) is 57.6. The van der Waals surface area contributed by atoms with Crippen LogP contribution in [0.15, 0.2) is 347 Å².